The summed E-state index contributed by atoms with van der Waals surface area (Å²) in [5, 5.41) is 0. The summed E-state index contributed by atoms with van der Waals surface area (Å²) in [6.45, 7) is 2.54. The zero-order valence-corrected chi connectivity index (χ0v) is 11.8. The van der Waals surface area contributed by atoms with Crippen molar-refractivity contribution in [2.45, 2.75) is 31.8 Å². The molecule has 5 heteroatoms. The van der Waals surface area contributed by atoms with E-state index in [1.54, 1.807) is 20.4 Å². The van der Waals surface area contributed by atoms with Crippen LogP contribution in [0, 0.1) is 0 Å². The first-order valence-corrected chi connectivity index (χ1v) is 6.80. The fraction of sp³-hybridized carbons (Fsp3) is 0.643. The third-order valence-electron chi connectivity index (χ3n) is 3.43. The molecule has 0 atom stereocenters. The average Bonchev–Trinajstić information content (AvgIpc) is 3.27. The molecule has 1 aromatic rings. The van der Waals surface area contributed by atoms with E-state index in [0.717, 1.165) is 43.2 Å². The van der Waals surface area contributed by atoms with Gasteiger partial charge in [-0.05, 0) is 25.8 Å². The summed E-state index contributed by atoms with van der Waals surface area (Å²) in [5.41, 5.74) is 6.54. The van der Waals surface area contributed by atoms with Crippen molar-refractivity contribution in [1.82, 2.24) is 9.88 Å². The highest BCUT2D eigenvalue weighted by molar-refractivity contribution is 5.42. The van der Waals surface area contributed by atoms with Crippen molar-refractivity contribution in [3.8, 4) is 11.5 Å². The molecular weight excluding hydrogens is 242 g/mol. The second kappa shape index (κ2) is 6.73. The highest BCUT2D eigenvalue weighted by Gasteiger charge is 2.29. The zero-order chi connectivity index (χ0) is 13.7. The van der Waals surface area contributed by atoms with Crippen molar-refractivity contribution >= 4 is 0 Å². The van der Waals surface area contributed by atoms with Crippen LogP contribution in [-0.4, -0.2) is 43.2 Å². The largest absolute Gasteiger partial charge is 0.493 e. The van der Waals surface area contributed by atoms with E-state index in [9.17, 15) is 0 Å². The Labute approximate surface area is 114 Å². The van der Waals surface area contributed by atoms with Crippen LogP contribution in [0.1, 0.15) is 25.0 Å². The number of hydrogen-bond donors (Lipinski definition) is 1. The minimum absolute atomic E-state index is 0.684. The minimum atomic E-state index is 0.684. The second-order valence-corrected chi connectivity index (χ2v) is 4.84. The van der Waals surface area contributed by atoms with Gasteiger partial charge >= 0.3 is 0 Å². The molecule has 2 rings (SSSR count). The number of nitrogens with two attached hydrogens (primary N) is 1. The lowest BCUT2D eigenvalue weighted by molar-refractivity contribution is 0.243. The summed E-state index contributed by atoms with van der Waals surface area (Å²) >= 11 is 0. The molecule has 5 nitrogen and oxygen atoms in total. The Morgan fingerprint density at radius 3 is 2.74 bits per heavy atom. The Bertz CT molecular complexity index is 408. The Morgan fingerprint density at radius 2 is 2.16 bits per heavy atom. The Balaban J connectivity index is 2.11. The number of rotatable bonds is 8. The monoisotopic (exact) mass is 265 g/mol. The number of pyridine rings is 1. The minimum Gasteiger partial charge on any atom is -0.493 e. The van der Waals surface area contributed by atoms with Crippen molar-refractivity contribution < 1.29 is 9.47 Å². The topological polar surface area (TPSA) is 60.6 Å². The first-order valence-electron chi connectivity index (χ1n) is 6.80. The number of nitrogens with zero attached hydrogens (tertiary/aromatic N) is 2. The molecular formula is C14H23N3O2. The van der Waals surface area contributed by atoms with Gasteiger partial charge in [-0.1, -0.05) is 0 Å². The van der Waals surface area contributed by atoms with E-state index in [0.29, 0.717) is 6.04 Å². The van der Waals surface area contributed by atoms with Gasteiger partial charge in [0.1, 0.15) is 5.69 Å². The zero-order valence-electron chi connectivity index (χ0n) is 11.8. The van der Waals surface area contributed by atoms with Crippen molar-refractivity contribution in [3.05, 3.63) is 18.0 Å². The Kier molecular flexibility index (Phi) is 4.99. The van der Waals surface area contributed by atoms with Gasteiger partial charge < -0.3 is 15.2 Å². The smallest absolute Gasteiger partial charge is 0.183 e. The highest BCUT2D eigenvalue weighted by Crippen LogP contribution is 2.33. The van der Waals surface area contributed by atoms with Crippen LogP contribution in [0.3, 0.4) is 0 Å². The SMILES string of the molecule is COc1ccnc(CN(CCCN)C2CC2)c1OC. The first kappa shape index (κ1) is 14.1. The summed E-state index contributed by atoms with van der Waals surface area (Å²) < 4.78 is 10.7. The van der Waals surface area contributed by atoms with Gasteiger partial charge in [-0.2, -0.15) is 0 Å². The molecule has 0 spiro atoms. The number of ether oxygens (including phenoxy) is 2. The maximum Gasteiger partial charge on any atom is 0.183 e. The fourth-order valence-electron chi connectivity index (χ4n) is 2.28. The second-order valence-electron chi connectivity index (χ2n) is 4.84. The molecule has 106 valence electrons. The molecule has 0 radical (unpaired) electrons. The molecule has 1 aliphatic rings. The molecule has 2 N–H and O–H groups in total. The van der Waals surface area contributed by atoms with Crippen LogP contribution in [-0.2, 0) is 6.54 Å². The van der Waals surface area contributed by atoms with Crippen molar-refractivity contribution in [2.24, 2.45) is 5.73 Å². The molecule has 1 fully saturated rings. The molecule has 0 aliphatic heterocycles. The first-order chi connectivity index (χ1) is 9.30. The van der Waals surface area contributed by atoms with Crippen LogP contribution in [0.15, 0.2) is 12.3 Å². The molecule has 1 aliphatic carbocycles. The van der Waals surface area contributed by atoms with Gasteiger partial charge in [0.15, 0.2) is 11.5 Å². The fourth-order valence-corrected chi connectivity index (χ4v) is 2.28. The lowest BCUT2D eigenvalue weighted by Crippen LogP contribution is -2.28. The van der Waals surface area contributed by atoms with Gasteiger partial charge in [0, 0.05) is 31.4 Å². The van der Waals surface area contributed by atoms with Gasteiger partial charge in [-0.25, -0.2) is 0 Å². The predicted molar refractivity (Wildman–Crippen MR) is 74.4 cm³/mol. The quantitative estimate of drug-likeness (QED) is 0.770. The molecule has 0 bridgehead atoms. The van der Waals surface area contributed by atoms with Crippen molar-refractivity contribution in [3.63, 3.8) is 0 Å². The maximum absolute atomic E-state index is 5.61. The molecule has 0 saturated heterocycles. The molecule has 0 aromatic carbocycles. The molecule has 0 unspecified atom stereocenters. The van der Waals surface area contributed by atoms with Crippen molar-refractivity contribution in [1.29, 1.82) is 0 Å². The summed E-state index contributed by atoms with van der Waals surface area (Å²) in [6.07, 6.45) is 5.33. The summed E-state index contributed by atoms with van der Waals surface area (Å²) in [5.74, 6) is 1.48. The molecule has 1 heterocycles. The van der Waals surface area contributed by atoms with Crippen molar-refractivity contribution in [2.75, 3.05) is 27.3 Å². The maximum atomic E-state index is 5.61. The average molecular weight is 265 g/mol. The standard InChI is InChI=1S/C14H23N3O2/c1-18-13-6-8-16-12(14(13)19-2)10-17(9-3-7-15)11-4-5-11/h6,8,11H,3-5,7,9-10,15H2,1-2H3. The van der Waals surface area contributed by atoms with E-state index in [-0.39, 0.29) is 0 Å². The Hall–Kier alpha value is -1.33. The van der Waals surface area contributed by atoms with Gasteiger partial charge in [0.2, 0.25) is 0 Å². The third kappa shape index (κ3) is 3.58. The van der Waals surface area contributed by atoms with Crippen LogP contribution in [0.2, 0.25) is 0 Å². The normalized spacial score (nSPS) is 14.7. The lowest BCUT2D eigenvalue weighted by Gasteiger charge is -2.22. The van der Waals surface area contributed by atoms with E-state index in [1.165, 1.54) is 12.8 Å². The number of hydrogen-bond acceptors (Lipinski definition) is 5. The Morgan fingerprint density at radius 1 is 1.37 bits per heavy atom. The van der Waals surface area contributed by atoms with E-state index < -0.39 is 0 Å². The van der Waals surface area contributed by atoms with E-state index in [4.69, 9.17) is 15.2 Å². The highest BCUT2D eigenvalue weighted by atomic mass is 16.5. The van der Waals surface area contributed by atoms with Gasteiger partial charge in [-0.15, -0.1) is 0 Å². The molecule has 19 heavy (non-hydrogen) atoms. The van der Waals surface area contributed by atoms with E-state index in [1.807, 2.05) is 6.07 Å². The van der Waals surface area contributed by atoms with E-state index in [2.05, 4.69) is 9.88 Å². The van der Waals surface area contributed by atoms with Gasteiger partial charge in [-0.3, -0.25) is 9.88 Å². The summed E-state index contributed by atoms with van der Waals surface area (Å²) in [7, 11) is 3.30. The molecule has 1 aromatic heterocycles. The third-order valence-corrected chi connectivity index (χ3v) is 3.43. The molecule has 1 saturated carbocycles. The van der Waals surface area contributed by atoms with Crippen LogP contribution in [0.4, 0.5) is 0 Å². The summed E-state index contributed by atoms with van der Waals surface area (Å²) in [4.78, 5) is 6.88. The van der Waals surface area contributed by atoms with Crippen LogP contribution in [0.25, 0.3) is 0 Å². The van der Waals surface area contributed by atoms with E-state index >= 15 is 0 Å². The number of methoxy groups -OCH3 is 2. The molecule has 0 amide bonds. The van der Waals surface area contributed by atoms with Crippen LogP contribution < -0.4 is 15.2 Å². The number of aromatic nitrogens is 1. The lowest BCUT2D eigenvalue weighted by atomic mass is 10.2. The summed E-state index contributed by atoms with van der Waals surface area (Å²) in [6, 6.07) is 2.51. The predicted octanol–water partition coefficient (Wildman–Crippen LogP) is 1.41. The van der Waals surface area contributed by atoms with Gasteiger partial charge in [0.25, 0.3) is 0 Å². The van der Waals surface area contributed by atoms with Crippen LogP contribution in [0.5, 0.6) is 11.5 Å². The van der Waals surface area contributed by atoms with Crippen LogP contribution >= 0.6 is 0 Å². The van der Waals surface area contributed by atoms with Gasteiger partial charge in [0.05, 0.1) is 14.2 Å².